The summed E-state index contributed by atoms with van der Waals surface area (Å²) in [5, 5.41) is 0. The molecule has 0 saturated heterocycles. The van der Waals surface area contributed by atoms with Crippen molar-refractivity contribution in [3.05, 3.63) is 53.7 Å². The summed E-state index contributed by atoms with van der Waals surface area (Å²) >= 11 is 0. The molecule has 1 aliphatic rings. The van der Waals surface area contributed by atoms with Crippen molar-refractivity contribution in [1.82, 2.24) is 9.97 Å². The second kappa shape index (κ2) is 6.97. The lowest BCUT2D eigenvalue weighted by Gasteiger charge is -2.25. The Labute approximate surface area is 113 Å². The van der Waals surface area contributed by atoms with Crippen LogP contribution in [0.3, 0.4) is 0 Å². The van der Waals surface area contributed by atoms with Gasteiger partial charge in [-0.15, -0.1) is 0 Å². The molecule has 0 fully saturated rings. The molecule has 2 heterocycles. The molecule has 1 aliphatic heterocycles. The Bertz CT molecular complexity index is 491. The molecule has 0 radical (unpaired) electrons. The van der Waals surface area contributed by atoms with Crippen LogP contribution in [0.15, 0.2) is 48.0 Å². The van der Waals surface area contributed by atoms with E-state index in [2.05, 4.69) is 16.0 Å². The molecule has 0 amide bonds. The maximum atomic E-state index is 5.78. The van der Waals surface area contributed by atoms with Gasteiger partial charge in [-0.2, -0.15) is 0 Å². The van der Waals surface area contributed by atoms with Crippen molar-refractivity contribution in [3.63, 3.8) is 0 Å². The lowest BCUT2D eigenvalue weighted by atomic mass is 9.96. The molecule has 2 N–H and O–H groups in total. The molecule has 0 spiro atoms. The third-order valence-electron chi connectivity index (χ3n) is 3.03. The van der Waals surface area contributed by atoms with Crippen molar-refractivity contribution < 1.29 is 4.74 Å². The molecule has 1 aromatic heterocycles. The topological polar surface area (TPSA) is 61.0 Å². The number of rotatable bonds is 4. The molecule has 1 aromatic rings. The maximum absolute atomic E-state index is 5.78. The van der Waals surface area contributed by atoms with Gasteiger partial charge in [-0.25, -0.2) is 9.97 Å². The second-order valence-corrected chi connectivity index (χ2v) is 4.29. The third-order valence-corrected chi connectivity index (χ3v) is 3.03. The van der Waals surface area contributed by atoms with Crippen LogP contribution in [0.4, 0.5) is 0 Å². The van der Waals surface area contributed by atoms with Crippen molar-refractivity contribution in [2.45, 2.75) is 19.4 Å². The van der Waals surface area contributed by atoms with Crippen LogP contribution in [-0.2, 0) is 4.74 Å². The van der Waals surface area contributed by atoms with Gasteiger partial charge in [-0.05, 0) is 36.6 Å². The lowest BCUT2D eigenvalue weighted by molar-refractivity contribution is 0.0769. The van der Waals surface area contributed by atoms with Crippen LogP contribution in [0.2, 0.25) is 0 Å². The van der Waals surface area contributed by atoms with Gasteiger partial charge in [-0.3, -0.25) is 0 Å². The van der Waals surface area contributed by atoms with Gasteiger partial charge in [0.25, 0.3) is 0 Å². The van der Waals surface area contributed by atoms with E-state index in [1.165, 1.54) is 5.57 Å². The predicted molar refractivity (Wildman–Crippen MR) is 76.3 cm³/mol. The van der Waals surface area contributed by atoms with Crippen LogP contribution in [0.25, 0.3) is 6.08 Å². The molecule has 1 unspecified atom stereocenters. The third kappa shape index (κ3) is 3.59. The van der Waals surface area contributed by atoms with Crippen molar-refractivity contribution >= 4 is 6.08 Å². The number of hydrogen-bond donors (Lipinski definition) is 1. The molecule has 100 valence electrons. The van der Waals surface area contributed by atoms with Gasteiger partial charge in [-0.1, -0.05) is 18.2 Å². The van der Waals surface area contributed by atoms with Crippen molar-refractivity contribution in [2.75, 3.05) is 13.2 Å². The molecule has 19 heavy (non-hydrogen) atoms. The van der Waals surface area contributed by atoms with E-state index in [1.807, 2.05) is 31.2 Å². The van der Waals surface area contributed by atoms with E-state index in [0.29, 0.717) is 6.54 Å². The normalized spacial score (nSPS) is 20.6. The molecule has 0 saturated carbocycles. The van der Waals surface area contributed by atoms with Crippen LogP contribution in [0.1, 0.15) is 19.0 Å². The first-order chi connectivity index (χ1) is 9.35. The summed E-state index contributed by atoms with van der Waals surface area (Å²) in [5.74, 6) is 0. The fourth-order valence-corrected chi connectivity index (χ4v) is 2.12. The predicted octanol–water partition coefficient (Wildman–Crippen LogP) is 2.11. The van der Waals surface area contributed by atoms with E-state index in [0.717, 1.165) is 24.3 Å². The zero-order chi connectivity index (χ0) is 13.5. The highest BCUT2D eigenvalue weighted by Gasteiger charge is 2.19. The van der Waals surface area contributed by atoms with E-state index in [9.17, 15) is 0 Å². The first-order valence-electron chi connectivity index (χ1n) is 6.46. The summed E-state index contributed by atoms with van der Waals surface area (Å²) in [7, 11) is 0. The molecular formula is C15H19N3O. The smallest absolute Gasteiger partial charge is 0.115 e. The standard InChI is InChI=1S/C15H19N3O/c1-2-3-12-7-9-19-15(10-16)14(12)5-4-13-6-8-17-11-18-13/h2-6,8,11,15H,7,9-10,16H2,1H3/b3-2-,5-4+. The number of nitrogens with two attached hydrogens (primary N) is 1. The molecule has 0 aromatic carbocycles. The Hall–Kier alpha value is -1.78. The molecule has 1 atom stereocenters. The van der Waals surface area contributed by atoms with Gasteiger partial charge in [0.2, 0.25) is 0 Å². The van der Waals surface area contributed by atoms with Crippen LogP contribution in [0, 0.1) is 0 Å². The Morgan fingerprint density at radius 2 is 2.32 bits per heavy atom. The second-order valence-electron chi connectivity index (χ2n) is 4.29. The fraction of sp³-hybridized carbons (Fsp3) is 0.333. The summed E-state index contributed by atoms with van der Waals surface area (Å²) in [6.45, 7) is 3.24. The van der Waals surface area contributed by atoms with Crippen molar-refractivity contribution in [1.29, 1.82) is 0 Å². The Morgan fingerprint density at radius 1 is 1.42 bits per heavy atom. The van der Waals surface area contributed by atoms with Gasteiger partial charge in [0.05, 0.1) is 18.4 Å². The van der Waals surface area contributed by atoms with Crippen LogP contribution in [-0.4, -0.2) is 29.2 Å². The van der Waals surface area contributed by atoms with Gasteiger partial charge >= 0.3 is 0 Å². The first kappa shape index (κ1) is 13.6. The zero-order valence-electron chi connectivity index (χ0n) is 11.1. The highest BCUT2D eigenvalue weighted by molar-refractivity contribution is 5.52. The van der Waals surface area contributed by atoms with Gasteiger partial charge < -0.3 is 10.5 Å². The van der Waals surface area contributed by atoms with Crippen molar-refractivity contribution in [2.24, 2.45) is 5.73 Å². The summed E-state index contributed by atoms with van der Waals surface area (Å²) in [6.07, 6.45) is 12.4. The molecule has 4 nitrogen and oxygen atoms in total. The minimum Gasteiger partial charge on any atom is -0.372 e. The monoisotopic (exact) mass is 257 g/mol. The van der Waals surface area contributed by atoms with Crippen LogP contribution >= 0.6 is 0 Å². The van der Waals surface area contributed by atoms with Gasteiger partial charge in [0.15, 0.2) is 0 Å². The van der Waals surface area contributed by atoms with Crippen molar-refractivity contribution in [3.8, 4) is 0 Å². The van der Waals surface area contributed by atoms with Gasteiger partial charge in [0, 0.05) is 12.7 Å². The van der Waals surface area contributed by atoms with E-state index < -0.39 is 0 Å². The maximum Gasteiger partial charge on any atom is 0.115 e. The average molecular weight is 257 g/mol. The van der Waals surface area contributed by atoms with E-state index in [-0.39, 0.29) is 6.10 Å². The number of allylic oxidation sites excluding steroid dienone is 2. The van der Waals surface area contributed by atoms with E-state index in [4.69, 9.17) is 10.5 Å². The first-order valence-corrected chi connectivity index (χ1v) is 6.46. The summed E-state index contributed by atoms with van der Waals surface area (Å²) < 4.78 is 5.70. The van der Waals surface area contributed by atoms with Gasteiger partial charge in [0.1, 0.15) is 6.33 Å². The number of aromatic nitrogens is 2. The average Bonchev–Trinajstić information content (AvgIpc) is 2.47. The number of hydrogen-bond acceptors (Lipinski definition) is 4. The molecule has 0 bridgehead atoms. The molecular weight excluding hydrogens is 238 g/mol. The zero-order valence-corrected chi connectivity index (χ0v) is 11.1. The van der Waals surface area contributed by atoms with E-state index >= 15 is 0 Å². The van der Waals surface area contributed by atoms with Crippen LogP contribution in [0.5, 0.6) is 0 Å². The highest BCUT2D eigenvalue weighted by Crippen LogP contribution is 2.24. The number of ether oxygens (including phenoxy) is 1. The summed E-state index contributed by atoms with van der Waals surface area (Å²) in [5.41, 5.74) is 9.09. The van der Waals surface area contributed by atoms with Crippen LogP contribution < -0.4 is 5.73 Å². The Kier molecular flexibility index (Phi) is 5.01. The minimum absolute atomic E-state index is 0.0296. The SMILES string of the molecule is C/C=C\C1=C(/C=C/c2ccncn2)C(CN)OCC1. The minimum atomic E-state index is -0.0296. The Morgan fingerprint density at radius 3 is 3.00 bits per heavy atom. The Balaban J connectivity index is 2.28. The molecule has 0 aliphatic carbocycles. The molecule has 2 rings (SSSR count). The number of nitrogens with zero attached hydrogens (tertiary/aromatic N) is 2. The molecule has 4 heteroatoms. The lowest BCUT2D eigenvalue weighted by Crippen LogP contribution is -2.29. The fourth-order valence-electron chi connectivity index (χ4n) is 2.12. The van der Waals surface area contributed by atoms with E-state index in [1.54, 1.807) is 12.5 Å². The summed E-state index contributed by atoms with van der Waals surface area (Å²) in [6, 6.07) is 1.87. The quantitative estimate of drug-likeness (QED) is 0.897. The highest BCUT2D eigenvalue weighted by atomic mass is 16.5. The largest absolute Gasteiger partial charge is 0.372 e. The summed E-state index contributed by atoms with van der Waals surface area (Å²) in [4.78, 5) is 8.08.